The Balaban J connectivity index is 1.34. The van der Waals surface area contributed by atoms with E-state index >= 15 is 0 Å². The number of rotatable bonds is 5. The van der Waals surface area contributed by atoms with Gasteiger partial charge in [-0.1, -0.05) is 48.0 Å². The van der Waals surface area contributed by atoms with Crippen LogP contribution in [0.5, 0.6) is 0 Å². The molecule has 2 atom stereocenters. The molecule has 0 aromatic heterocycles. The van der Waals surface area contributed by atoms with E-state index in [1.54, 1.807) is 28.0 Å². The van der Waals surface area contributed by atoms with Gasteiger partial charge >= 0.3 is 0 Å². The number of carbonyl (C=O) groups is 3. The zero-order valence-corrected chi connectivity index (χ0v) is 21.0. The molecule has 0 spiro atoms. The third kappa shape index (κ3) is 4.39. The average molecular weight is 482 g/mol. The number of carbonyl (C=O) groups excluding carboxylic acids is 3. The Morgan fingerprint density at radius 1 is 1.03 bits per heavy atom. The largest absolute Gasteiger partial charge is 0.346 e. The van der Waals surface area contributed by atoms with Crippen LogP contribution < -0.4 is 10.2 Å². The summed E-state index contributed by atoms with van der Waals surface area (Å²) in [6.45, 7) is 7.05. The first-order valence-corrected chi connectivity index (χ1v) is 12.5. The number of fused-ring (bicyclic) bond motifs is 2. The Morgan fingerprint density at radius 3 is 2.53 bits per heavy atom. The summed E-state index contributed by atoms with van der Waals surface area (Å²) in [6, 6.07) is 20.4. The third-order valence-corrected chi connectivity index (χ3v) is 7.29. The van der Waals surface area contributed by atoms with Crippen LogP contribution in [0.2, 0.25) is 0 Å². The van der Waals surface area contributed by atoms with Gasteiger partial charge in [-0.05, 0) is 74.6 Å². The van der Waals surface area contributed by atoms with E-state index in [9.17, 15) is 14.4 Å². The highest BCUT2D eigenvalue weighted by Crippen LogP contribution is 2.33. The highest BCUT2D eigenvalue weighted by atomic mass is 16.2. The molecule has 0 aliphatic carbocycles. The minimum absolute atomic E-state index is 0.0464. The summed E-state index contributed by atoms with van der Waals surface area (Å²) in [5.41, 5.74) is 6.11. The molecule has 0 unspecified atom stereocenters. The molecular formula is C30H31N3O3. The first kappa shape index (κ1) is 23.8. The van der Waals surface area contributed by atoms with Crippen molar-refractivity contribution in [2.45, 2.75) is 52.2 Å². The van der Waals surface area contributed by atoms with Gasteiger partial charge in [-0.3, -0.25) is 14.4 Å². The number of nitrogens with zero attached hydrogens (tertiary/aromatic N) is 2. The molecule has 3 amide bonds. The van der Waals surface area contributed by atoms with Gasteiger partial charge < -0.3 is 15.1 Å². The Bertz CT molecular complexity index is 1330. The number of benzene rings is 3. The van der Waals surface area contributed by atoms with Crippen LogP contribution in [0.4, 0.5) is 5.69 Å². The molecule has 6 heteroatoms. The maximum absolute atomic E-state index is 13.5. The monoisotopic (exact) mass is 481 g/mol. The van der Waals surface area contributed by atoms with E-state index in [0.717, 1.165) is 23.1 Å². The van der Waals surface area contributed by atoms with Gasteiger partial charge in [0.25, 0.3) is 11.8 Å². The van der Waals surface area contributed by atoms with Gasteiger partial charge in [-0.25, -0.2) is 0 Å². The zero-order valence-electron chi connectivity index (χ0n) is 21.0. The molecule has 36 heavy (non-hydrogen) atoms. The smallest absolute Gasteiger partial charge is 0.256 e. The number of nitrogens with one attached hydrogen (secondary N) is 1. The van der Waals surface area contributed by atoms with E-state index in [2.05, 4.69) is 37.4 Å². The van der Waals surface area contributed by atoms with Crippen molar-refractivity contribution >= 4 is 23.4 Å². The van der Waals surface area contributed by atoms with E-state index in [4.69, 9.17) is 0 Å². The molecule has 2 aliphatic heterocycles. The molecule has 6 nitrogen and oxygen atoms in total. The van der Waals surface area contributed by atoms with Gasteiger partial charge in [-0.15, -0.1) is 0 Å². The van der Waals surface area contributed by atoms with Gasteiger partial charge in [0.05, 0.1) is 23.8 Å². The maximum atomic E-state index is 13.5. The second-order valence-corrected chi connectivity index (χ2v) is 9.85. The predicted octanol–water partition coefficient (Wildman–Crippen LogP) is 4.95. The summed E-state index contributed by atoms with van der Waals surface area (Å²) in [7, 11) is 0. The molecule has 2 heterocycles. The number of anilines is 1. The van der Waals surface area contributed by atoms with Gasteiger partial charge in [0, 0.05) is 12.1 Å². The molecule has 0 bridgehead atoms. The van der Waals surface area contributed by atoms with E-state index in [0.29, 0.717) is 36.3 Å². The summed E-state index contributed by atoms with van der Waals surface area (Å²) in [5, 5.41) is 3.09. The second-order valence-electron chi connectivity index (χ2n) is 9.85. The normalized spacial score (nSPS) is 17.9. The molecule has 1 fully saturated rings. The van der Waals surface area contributed by atoms with E-state index in [1.807, 2.05) is 37.3 Å². The van der Waals surface area contributed by atoms with Crippen molar-refractivity contribution in [1.29, 1.82) is 0 Å². The van der Waals surface area contributed by atoms with Crippen LogP contribution in [0.1, 0.15) is 68.8 Å². The molecular weight excluding hydrogens is 450 g/mol. The van der Waals surface area contributed by atoms with Crippen LogP contribution in [0.3, 0.4) is 0 Å². The van der Waals surface area contributed by atoms with E-state index < -0.39 is 6.04 Å². The first-order valence-electron chi connectivity index (χ1n) is 12.5. The van der Waals surface area contributed by atoms with Crippen molar-refractivity contribution in [3.8, 4) is 0 Å². The zero-order chi connectivity index (χ0) is 25.4. The molecule has 0 saturated carbocycles. The first-order chi connectivity index (χ1) is 17.3. The van der Waals surface area contributed by atoms with Crippen LogP contribution in [-0.4, -0.2) is 35.2 Å². The van der Waals surface area contributed by atoms with Gasteiger partial charge in [-0.2, -0.15) is 0 Å². The average Bonchev–Trinajstić information content (AvgIpc) is 3.34. The Hall–Kier alpha value is -3.93. The van der Waals surface area contributed by atoms with Crippen molar-refractivity contribution in [3.05, 3.63) is 100 Å². The van der Waals surface area contributed by atoms with Crippen LogP contribution in [0.25, 0.3) is 0 Å². The van der Waals surface area contributed by atoms with Crippen molar-refractivity contribution < 1.29 is 14.4 Å². The number of hydrogen-bond acceptors (Lipinski definition) is 3. The Labute approximate surface area is 211 Å². The lowest BCUT2D eigenvalue weighted by atomic mass is 10.00. The fourth-order valence-corrected chi connectivity index (χ4v) is 5.39. The van der Waals surface area contributed by atoms with Gasteiger partial charge in [0.1, 0.15) is 6.04 Å². The van der Waals surface area contributed by atoms with Crippen LogP contribution in [0, 0.1) is 13.8 Å². The lowest BCUT2D eigenvalue weighted by molar-refractivity contribution is -0.122. The number of aryl methyl sites for hydroxylation is 2. The molecule has 5 rings (SSSR count). The second kappa shape index (κ2) is 9.61. The summed E-state index contributed by atoms with van der Waals surface area (Å²) < 4.78 is 0. The summed E-state index contributed by atoms with van der Waals surface area (Å²) in [6.07, 6.45) is 1.52. The standard InChI is InChI=1S/C30H31N3O3/c1-19-10-15-24(20(2)17-19)21(3)31-28(34)23-13-11-22(12-14-23)18-33-26-8-5-4-7-25(26)29(35)32-16-6-9-27(32)30(33)36/h4-5,7-8,10-15,17,21,27H,6,9,16,18H2,1-3H3,(H,31,34)/t21-,27-/m1/s1. The fourth-order valence-electron chi connectivity index (χ4n) is 5.39. The maximum Gasteiger partial charge on any atom is 0.256 e. The molecule has 3 aromatic carbocycles. The van der Waals surface area contributed by atoms with Gasteiger partial charge in [0.15, 0.2) is 0 Å². The SMILES string of the molecule is Cc1ccc([C@@H](C)NC(=O)c2ccc(CN3C(=O)[C@H]4CCCN4C(=O)c4ccccc43)cc2)c(C)c1. The molecule has 3 aromatic rings. The van der Waals surface area contributed by atoms with Crippen molar-refractivity contribution in [2.24, 2.45) is 0 Å². The van der Waals surface area contributed by atoms with Crippen molar-refractivity contribution in [2.75, 3.05) is 11.4 Å². The lowest BCUT2D eigenvalue weighted by Crippen LogP contribution is -2.44. The summed E-state index contributed by atoms with van der Waals surface area (Å²) in [5.74, 6) is -0.263. The van der Waals surface area contributed by atoms with Crippen LogP contribution in [-0.2, 0) is 11.3 Å². The molecule has 2 aliphatic rings. The van der Waals surface area contributed by atoms with Crippen molar-refractivity contribution in [1.82, 2.24) is 10.2 Å². The quantitative estimate of drug-likeness (QED) is 0.561. The fraction of sp³-hybridized carbons (Fsp3) is 0.300. The minimum atomic E-state index is -0.415. The van der Waals surface area contributed by atoms with Crippen LogP contribution >= 0.6 is 0 Å². The van der Waals surface area contributed by atoms with Crippen LogP contribution in [0.15, 0.2) is 66.7 Å². The van der Waals surface area contributed by atoms with E-state index in [1.165, 1.54) is 5.56 Å². The topological polar surface area (TPSA) is 69.7 Å². The molecule has 0 radical (unpaired) electrons. The molecule has 184 valence electrons. The third-order valence-electron chi connectivity index (χ3n) is 7.29. The molecule has 1 N–H and O–H groups in total. The Kier molecular flexibility index (Phi) is 6.35. The Morgan fingerprint density at radius 2 is 1.78 bits per heavy atom. The summed E-state index contributed by atoms with van der Waals surface area (Å²) in [4.78, 5) is 42.9. The summed E-state index contributed by atoms with van der Waals surface area (Å²) >= 11 is 0. The highest BCUT2D eigenvalue weighted by molar-refractivity contribution is 6.11. The number of amides is 3. The predicted molar refractivity (Wildman–Crippen MR) is 140 cm³/mol. The minimum Gasteiger partial charge on any atom is -0.346 e. The number of hydrogen-bond donors (Lipinski definition) is 1. The van der Waals surface area contributed by atoms with E-state index in [-0.39, 0.29) is 23.8 Å². The highest BCUT2D eigenvalue weighted by Gasteiger charge is 2.41. The molecule has 1 saturated heterocycles. The van der Waals surface area contributed by atoms with Gasteiger partial charge in [0.2, 0.25) is 5.91 Å². The number of para-hydroxylation sites is 1. The lowest BCUT2D eigenvalue weighted by Gasteiger charge is -2.26. The van der Waals surface area contributed by atoms with Crippen molar-refractivity contribution in [3.63, 3.8) is 0 Å².